The van der Waals surface area contributed by atoms with E-state index in [9.17, 15) is 4.79 Å². The Morgan fingerprint density at radius 3 is 2.44 bits per heavy atom. The number of aldehydes is 1. The van der Waals surface area contributed by atoms with Gasteiger partial charge in [-0.15, -0.1) is 0 Å². The van der Waals surface area contributed by atoms with Crippen molar-refractivity contribution in [3.05, 3.63) is 42.5 Å². The number of hydrogen-bond donors (Lipinski definition) is 0. The van der Waals surface area contributed by atoms with Gasteiger partial charge in [0.15, 0.2) is 0 Å². The van der Waals surface area contributed by atoms with Gasteiger partial charge in [-0.25, -0.2) is 0 Å². The van der Waals surface area contributed by atoms with Crippen LogP contribution >= 0.6 is 0 Å². The minimum atomic E-state index is 0.574. The fourth-order valence-electron chi connectivity index (χ4n) is 2.19. The number of para-hydroxylation sites is 1. The highest BCUT2D eigenvalue weighted by molar-refractivity contribution is 5.64. The second kappa shape index (κ2) is 5.50. The Labute approximate surface area is 96.6 Å². The molecule has 0 atom stereocenters. The summed E-state index contributed by atoms with van der Waals surface area (Å²) in [6, 6.07) is 10.5. The van der Waals surface area contributed by atoms with Gasteiger partial charge in [-0.2, -0.15) is 0 Å². The molecule has 1 fully saturated rings. The third-order valence-electron chi connectivity index (χ3n) is 3.12. The summed E-state index contributed by atoms with van der Waals surface area (Å²) in [5.74, 6) is 0.574. The summed E-state index contributed by atoms with van der Waals surface area (Å²) in [4.78, 5) is 12.6. The lowest BCUT2D eigenvalue weighted by Crippen LogP contribution is -2.32. The summed E-state index contributed by atoms with van der Waals surface area (Å²) >= 11 is 0. The van der Waals surface area contributed by atoms with Crippen molar-refractivity contribution in [1.82, 2.24) is 0 Å². The van der Waals surface area contributed by atoms with Gasteiger partial charge in [0.25, 0.3) is 0 Å². The van der Waals surface area contributed by atoms with Crippen LogP contribution in [0.2, 0.25) is 0 Å². The number of nitrogens with zero attached hydrogens (tertiary/aromatic N) is 1. The van der Waals surface area contributed by atoms with E-state index in [2.05, 4.69) is 29.2 Å². The molecule has 0 unspecified atom stereocenters. The van der Waals surface area contributed by atoms with Crippen LogP contribution < -0.4 is 4.90 Å². The number of carbonyl (C=O) groups is 1. The normalized spacial score (nSPS) is 17.9. The highest BCUT2D eigenvalue weighted by atomic mass is 16.1. The molecule has 1 aliphatic heterocycles. The van der Waals surface area contributed by atoms with Crippen molar-refractivity contribution in [3.8, 4) is 0 Å². The molecule has 1 heterocycles. The number of benzene rings is 1. The molecular formula is C14H17NO. The maximum atomic E-state index is 10.2. The molecule has 1 saturated heterocycles. The van der Waals surface area contributed by atoms with Crippen LogP contribution in [-0.4, -0.2) is 19.4 Å². The fraction of sp³-hybridized carbons (Fsp3) is 0.357. The van der Waals surface area contributed by atoms with Crippen LogP contribution in [0, 0.1) is 5.92 Å². The Balaban J connectivity index is 1.90. The Morgan fingerprint density at radius 2 is 1.81 bits per heavy atom. The average Bonchev–Trinajstić information content (AvgIpc) is 2.38. The highest BCUT2D eigenvalue weighted by Crippen LogP contribution is 2.23. The number of piperidine rings is 1. The molecule has 0 N–H and O–H groups in total. The summed E-state index contributed by atoms with van der Waals surface area (Å²) in [6.45, 7) is 2.16. The number of carbonyl (C=O) groups excluding carboxylic acids is 1. The lowest BCUT2D eigenvalue weighted by molar-refractivity contribution is -0.104. The van der Waals surface area contributed by atoms with Gasteiger partial charge >= 0.3 is 0 Å². The van der Waals surface area contributed by atoms with Crippen LogP contribution in [0.15, 0.2) is 42.5 Å². The first-order valence-corrected chi connectivity index (χ1v) is 5.82. The van der Waals surface area contributed by atoms with Crippen LogP contribution in [0.5, 0.6) is 0 Å². The quantitative estimate of drug-likeness (QED) is 0.570. The van der Waals surface area contributed by atoms with Crippen molar-refractivity contribution in [1.29, 1.82) is 0 Å². The molecule has 2 heteroatoms. The van der Waals surface area contributed by atoms with Gasteiger partial charge in [0.1, 0.15) is 6.29 Å². The summed E-state index contributed by atoms with van der Waals surface area (Å²) in [6.07, 6.45) is 6.81. The molecule has 0 amide bonds. The minimum absolute atomic E-state index is 0.574. The summed E-state index contributed by atoms with van der Waals surface area (Å²) < 4.78 is 0. The molecule has 0 aromatic heterocycles. The first-order valence-electron chi connectivity index (χ1n) is 5.82. The minimum Gasteiger partial charge on any atom is -0.371 e. The highest BCUT2D eigenvalue weighted by Gasteiger charge is 2.16. The molecule has 0 bridgehead atoms. The van der Waals surface area contributed by atoms with E-state index < -0.39 is 0 Å². The Bertz CT molecular complexity index is 350. The SMILES string of the molecule is O=C/C=C/C1CCN(c2ccccc2)CC1. The molecule has 1 aromatic carbocycles. The van der Waals surface area contributed by atoms with E-state index in [0.717, 1.165) is 32.2 Å². The predicted molar refractivity (Wildman–Crippen MR) is 66.6 cm³/mol. The molecule has 2 nitrogen and oxygen atoms in total. The second-order valence-electron chi connectivity index (χ2n) is 4.18. The molecule has 0 radical (unpaired) electrons. The Hall–Kier alpha value is -1.57. The van der Waals surface area contributed by atoms with Crippen molar-refractivity contribution in [2.24, 2.45) is 5.92 Å². The zero-order valence-corrected chi connectivity index (χ0v) is 9.38. The van der Waals surface area contributed by atoms with E-state index in [1.807, 2.05) is 12.1 Å². The maximum Gasteiger partial charge on any atom is 0.142 e. The molecule has 16 heavy (non-hydrogen) atoms. The van der Waals surface area contributed by atoms with E-state index in [1.165, 1.54) is 5.69 Å². The third-order valence-corrected chi connectivity index (χ3v) is 3.12. The van der Waals surface area contributed by atoms with Crippen LogP contribution in [0.25, 0.3) is 0 Å². The van der Waals surface area contributed by atoms with Gasteiger partial charge in [0, 0.05) is 18.8 Å². The van der Waals surface area contributed by atoms with E-state index >= 15 is 0 Å². The van der Waals surface area contributed by atoms with Gasteiger partial charge in [0.2, 0.25) is 0 Å². The molecule has 84 valence electrons. The number of anilines is 1. The third kappa shape index (κ3) is 2.72. The molecule has 0 aliphatic carbocycles. The Morgan fingerprint density at radius 1 is 1.12 bits per heavy atom. The molecular weight excluding hydrogens is 198 g/mol. The summed E-state index contributed by atoms with van der Waals surface area (Å²) in [7, 11) is 0. The maximum absolute atomic E-state index is 10.2. The van der Waals surface area contributed by atoms with Crippen LogP contribution in [0.3, 0.4) is 0 Å². The zero-order chi connectivity index (χ0) is 11.2. The standard InChI is InChI=1S/C14H17NO/c16-12-4-5-13-8-10-15(11-9-13)14-6-2-1-3-7-14/h1-7,12-13H,8-11H2/b5-4+. The van der Waals surface area contributed by atoms with E-state index in [4.69, 9.17) is 0 Å². The van der Waals surface area contributed by atoms with Gasteiger partial charge in [-0.3, -0.25) is 4.79 Å². The van der Waals surface area contributed by atoms with Crippen molar-refractivity contribution in [3.63, 3.8) is 0 Å². The first-order chi connectivity index (χ1) is 7.90. The lowest BCUT2D eigenvalue weighted by atomic mass is 9.96. The van der Waals surface area contributed by atoms with Crippen molar-refractivity contribution in [2.75, 3.05) is 18.0 Å². The van der Waals surface area contributed by atoms with E-state index in [0.29, 0.717) is 5.92 Å². The molecule has 1 aliphatic rings. The monoisotopic (exact) mass is 215 g/mol. The Kier molecular flexibility index (Phi) is 3.76. The van der Waals surface area contributed by atoms with E-state index in [1.54, 1.807) is 6.08 Å². The molecule has 0 spiro atoms. The van der Waals surface area contributed by atoms with Crippen LogP contribution in [0.1, 0.15) is 12.8 Å². The first kappa shape index (κ1) is 10.9. The average molecular weight is 215 g/mol. The van der Waals surface area contributed by atoms with Crippen molar-refractivity contribution in [2.45, 2.75) is 12.8 Å². The smallest absolute Gasteiger partial charge is 0.142 e. The summed E-state index contributed by atoms with van der Waals surface area (Å²) in [5, 5.41) is 0. The molecule has 0 saturated carbocycles. The van der Waals surface area contributed by atoms with Crippen molar-refractivity contribution >= 4 is 12.0 Å². The van der Waals surface area contributed by atoms with Crippen LogP contribution in [-0.2, 0) is 4.79 Å². The second-order valence-corrected chi connectivity index (χ2v) is 4.18. The summed E-state index contributed by atoms with van der Waals surface area (Å²) in [5.41, 5.74) is 1.31. The van der Waals surface area contributed by atoms with Gasteiger partial charge in [-0.05, 0) is 37.0 Å². The predicted octanol–water partition coefficient (Wildman–Crippen LogP) is 2.66. The van der Waals surface area contributed by atoms with Gasteiger partial charge < -0.3 is 4.90 Å². The molecule has 2 rings (SSSR count). The van der Waals surface area contributed by atoms with Crippen molar-refractivity contribution < 1.29 is 4.79 Å². The van der Waals surface area contributed by atoms with Crippen LogP contribution in [0.4, 0.5) is 5.69 Å². The topological polar surface area (TPSA) is 20.3 Å². The molecule has 1 aromatic rings. The zero-order valence-electron chi connectivity index (χ0n) is 9.38. The number of rotatable bonds is 3. The lowest BCUT2D eigenvalue weighted by Gasteiger charge is -2.32. The van der Waals surface area contributed by atoms with E-state index in [-0.39, 0.29) is 0 Å². The fourth-order valence-corrected chi connectivity index (χ4v) is 2.19. The largest absolute Gasteiger partial charge is 0.371 e. The number of hydrogen-bond acceptors (Lipinski definition) is 2. The van der Waals surface area contributed by atoms with Gasteiger partial charge in [-0.1, -0.05) is 24.3 Å². The van der Waals surface area contributed by atoms with Gasteiger partial charge in [0.05, 0.1) is 0 Å². The number of allylic oxidation sites excluding steroid dienone is 2.